The standard InChI is InChI=1S/C32H49N/c1-3-5-7-9-11-13-28-20-23-31(24-21-28)32-25-22-30(26-33-32)19-18-29-16-14-27(15-17-29)12-10-8-6-4-2/h20-27,29H,3-19H2,1-2H3/t27-,29-. The maximum atomic E-state index is 4.80. The summed E-state index contributed by atoms with van der Waals surface area (Å²) in [5, 5.41) is 0. The van der Waals surface area contributed by atoms with Gasteiger partial charge in [0, 0.05) is 11.8 Å². The third kappa shape index (κ3) is 9.63. The first-order chi connectivity index (χ1) is 16.3. The molecular weight excluding hydrogens is 398 g/mol. The van der Waals surface area contributed by atoms with Gasteiger partial charge in [0.2, 0.25) is 0 Å². The van der Waals surface area contributed by atoms with Crippen LogP contribution in [0.2, 0.25) is 0 Å². The Morgan fingerprint density at radius 2 is 1.21 bits per heavy atom. The van der Waals surface area contributed by atoms with Crippen LogP contribution in [0.1, 0.15) is 121 Å². The highest BCUT2D eigenvalue weighted by Crippen LogP contribution is 2.34. The maximum absolute atomic E-state index is 4.80. The largest absolute Gasteiger partial charge is 0.256 e. The quantitative estimate of drug-likeness (QED) is 0.247. The molecule has 1 aromatic heterocycles. The van der Waals surface area contributed by atoms with Gasteiger partial charge in [0.05, 0.1) is 5.69 Å². The van der Waals surface area contributed by atoms with Crippen molar-refractivity contribution in [3.05, 3.63) is 53.7 Å². The molecule has 0 unspecified atom stereocenters. The second kappa shape index (κ2) is 15.3. The topological polar surface area (TPSA) is 12.9 Å². The molecule has 33 heavy (non-hydrogen) atoms. The second-order valence-electron chi connectivity index (χ2n) is 10.7. The van der Waals surface area contributed by atoms with Crippen LogP contribution in [0.5, 0.6) is 0 Å². The van der Waals surface area contributed by atoms with Crippen molar-refractivity contribution in [3.63, 3.8) is 0 Å². The molecule has 182 valence electrons. The molecule has 0 atom stereocenters. The molecule has 0 aliphatic heterocycles. The number of aromatic nitrogens is 1. The number of nitrogens with zero attached hydrogens (tertiary/aromatic N) is 1. The highest BCUT2D eigenvalue weighted by molar-refractivity contribution is 5.59. The summed E-state index contributed by atoms with van der Waals surface area (Å²) < 4.78 is 0. The van der Waals surface area contributed by atoms with Gasteiger partial charge in [0.15, 0.2) is 0 Å². The molecule has 0 bridgehead atoms. The zero-order chi connectivity index (χ0) is 23.1. The van der Waals surface area contributed by atoms with Crippen LogP contribution in [0.25, 0.3) is 11.3 Å². The Morgan fingerprint density at radius 3 is 1.85 bits per heavy atom. The maximum Gasteiger partial charge on any atom is 0.0702 e. The molecule has 0 amide bonds. The van der Waals surface area contributed by atoms with E-state index in [4.69, 9.17) is 4.98 Å². The van der Waals surface area contributed by atoms with Gasteiger partial charge >= 0.3 is 0 Å². The van der Waals surface area contributed by atoms with Crippen molar-refractivity contribution in [1.82, 2.24) is 4.98 Å². The molecule has 1 nitrogen and oxygen atoms in total. The summed E-state index contributed by atoms with van der Waals surface area (Å²) in [6.07, 6.45) is 25.6. The minimum Gasteiger partial charge on any atom is -0.256 e. The lowest BCUT2D eigenvalue weighted by molar-refractivity contribution is 0.249. The van der Waals surface area contributed by atoms with E-state index in [1.54, 1.807) is 0 Å². The Labute approximate surface area is 204 Å². The predicted molar refractivity (Wildman–Crippen MR) is 145 cm³/mol. The van der Waals surface area contributed by atoms with Crippen LogP contribution in [0, 0.1) is 11.8 Å². The lowest BCUT2D eigenvalue weighted by Gasteiger charge is -2.28. The third-order valence-electron chi connectivity index (χ3n) is 7.92. The minimum atomic E-state index is 0.936. The van der Waals surface area contributed by atoms with Crippen LogP contribution >= 0.6 is 0 Å². The molecule has 1 aromatic carbocycles. The van der Waals surface area contributed by atoms with Crippen molar-refractivity contribution in [2.24, 2.45) is 11.8 Å². The fraction of sp³-hybridized carbons (Fsp3) is 0.656. The Hall–Kier alpha value is -1.63. The number of pyridine rings is 1. The smallest absolute Gasteiger partial charge is 0.0702 e. The third-order valence-corrected chi connectivity index (χ3v) is 7.92. The minimum absolute atomic E-state index is 0.936. The molecule has 1 aliphatic carbocycles. The van der Waals surface area contributed by atoms with Gasteiger partial charge in [0.25, 0.3) is 0 Å². The van der Waals surface area contributed by atoms with Crippen LogP contribution in [-0.4, -0.2) is 4.98 Å². The average Bonchev–Trinajstić information content (AvgIpc) is 2.87. The van der Waals surface area contributed by atoms with Crippen molar-refractivity contribution in [3.8, 4) is 11.3 Å². The molecule has 1 aliphatic rings. The summed E-state index contributed by atoms with van der Waals surface area (Å²) in [7, 11) is 0. The Balaban J connectivity index is 1.35. The fourth-order valence-electron chi connectivity index (χ4n) is 5.56. The van der Waals surface area contributed by atoms with Crippen molar-refractivity contribution >= 4 is 0 Å². The van der Waals surface area contributed by atoms with E-state index in [0.717, 1.165) is 17.5 Å². The van der Waals surface area contributed by atoms with Crippen LogP contribution in [0.15, 0.2) is 42.6 Å². The van der Waals surface area contributed by atoms with Crippen molar-refractivity contribution in [1.29, 1.82) is 0 Å². The van der Waals surface area contributed by atoms with E-state index >= 15 is 0 Å². The Morgan fingerprint density at radius 1 is 0.606 bits per heavy atom. The number of hydrogen-bond donors (Lipinski definition) is 0. The van der Waals surface area contributed by atoms with Gasteiger partial charge in [-0.05, 0) is 54.7 Å². The van der Waals surface area contributed by atoms with Gasteiger partial charge in [-0.3, -0.25) is 4.98 Å². The van der Waals surface area contributed by atoms with Gasteiger partial charge in [-0.15, -0.1) is 0 Å². The lowest BCUT2D eigenvalue weighted by Crippen LogP contribution is -2.15. The first-order valence-corrected chi connectivity index (χ1v) is 14.3. The normalized spacial score (nSPS) is 18.5. The summed E-state index contributed by atoms with van der Waals surface area (Å²) in [4.78, 5) is 4.80. The predicted octanol–water partition coefficient (Wildman–Crippen LogP) is 9.97. The number of aryl methyl sites for hydroxylation is 2. The molecule has 0 spiro atoms. The molecule has 0 saturated heterocycles. The lowest BCUT2D eigenvalue weighted by atomic mass is 9.78. The van der Waals surface area contributed by atoms with Crippen molar-refractivity contribution < 1.29 is 0 Å². The summed E-state index contributed by atoms with van der Waals surface area (Å²) >= 11 is 0. The summed E-state index contributed by atoms with van der Waals surface area (Å²) in [5.74, 6) is 1.96. The molecular formula is C32H49N. The van der Waals surface area contributed by atoms with E-state index in [1.807, 2.05) is 0 Å². The van der Waals surface area contributed by atoms with Crippen LogP contribution in [-0.2, 0) is 12.8 Å². The van der Waals surface area contributed by atoms with E-state index in [1.165, 1.54) is 126 Å². The Kier molecular flexibility index (Phi) is 12.1. The van der Waals surface area contributed by atoms with Gasteiger partial charge in [0.1, 0.15) is 0 Å². The molecule has 2 aromatic rings. The van der Waals surface area contributed by atoms with Gasteiger partial charge in [-0.1, -0.05) is 128 Å². The first kappa shape index (κ1) is 26.0. The van der Waals surface area contributed by atoms with Crippen LogP contribution < -0.4 is 0 Å². The van der Waals surface area contributed by atoms with Crippen molar-refractivity contribution in [2.75, 3.05) is 0 Å². The van der Waals surface area contributed by atoms with Gasteiger partial charge < -0.3 is 0 Å². The molecule has 1 heteroatoms. The SMILES string of the molecule is CCCCCCCc1ccc(-c2ccc(CC[C@H]3CC[C@H](CCCCCC)CC3)cn2)cc1. The van der Waals surface area contributed by atoms with Gasteiger partial charge in [-0.25, -0.2) is 0 Å². The molecule has 1 saturated carbocycles. The summed E-state index contributed by atoms with van der Waals surface area (Å²) in [5.41, 5.74) is 5.22. The van der Waals surface area contributed by atoms with E-state index in [9.17, 15) is 0 Å². The monoisotopic (exact) mass is 447 g/mol. The van der Waals surface area contributed by atoms with Gasteiger partial charge in [-0.2, -0.15) is 0 Å². The fourth-order valence-corrected chi connectivity index (χ4v) is 5.56. The molecule has 0 radical (unpaired) electrons. The number of unbranched alkanes of at least 4 members (excludes halogenated alkanes) is 7. The zero-order valence-corrected chi connectivity index (χ0v) is 21.7. The summed E-state index contributed by atoms with van der Waals surface area (Å²) in [6, 6.07) is 13.6. The van der Waals surface area contributed by atoms with Crippen molar-refractivity contribution in [2.45, 2.75) is 123 Å². The molecule has 3 rings (SSSR count). The van der Waals surface area contributed by atoms with E-state index in [2.05, 4.69) is 56.4 Å². The first-order valence-electron chi connectivity index (χ1n) is 14.3. The molecule has 1 fully saturated rings. The number of rotatable bonds is 15. The van der Waals surface area contributed by atoms with E-state index in [0.29, 0.717) is 0 Å². The van der Waals surface area contributed by atoms with E-state index < -0.39 is 0 Å². The Bertz CT molecular complexity index is 737. The zero-order valence-electron chi connectivity index (χ0n) is 21.7. The highest BCUT2D eigenvalue weighted by Gasteiger charge is 2.20. The van der Waals surface area contributed by atoms with Crippen LogP contribution in [0.3, 0.4) is 0 Å². The van der Waals surface area contributed by atoms with E-state index in [-0.39, 0.29) is 0 Å². The highest BCUT2D eigenvalue weighted by atomic mass is 14.7. The number of benzene rings is 1. The average molecular weight is 448 g/mol. The second-order valence-corrected chi connectivity index (χ2v) is 10.7. The molecule has 1 heterocycles. The number of hydrogen-bond acceptors (Lipinski definition) is 1. The summed E-state index contributed by atoms with van der Waals surface area (Å²) in [6.45, 7) is 4.59. The molecule has 0 N–H and O–H groups in total. The van der Waals surface area contributed by atoms with Crippen LogP contribution in [0.4, 0.5) is 0 Å².